The highest BCUT2D eigenvalue weighted by Gasteiger charge is 2.34. The van der Waals surface area contributed by atoms with Gasteiger partial charge in [0.15, 0.2) is 0 Å². The van der Waals surface area contributed by atoms with Crippen molar-refractivity contribution in [2.45, 2.75) is 51.5 Å². The Labute approximate surface area is 152 Å². The van der Waals surface area contributed by atoms with Gasteiger partial charge in [0, 0.05) is 13.1 Å². The van der Waals surface area contributed by atoms with Crippen LogP contribution in [0.3, 0.4) is 0 Å². The first-order chi connectivity index (χ1) is 12.2. The molecule has 0 radical (unpaired) electrons. The van der Waals surface area contributed by atoms with E-state index in [0.717, 1.165) is 5.56 Å². The van der Waals surface area contributed by atoms with Crippen molar-refractivity contribution in [2.75, 3.05) is 6.54 Å². The van der Waals surface area contributed by atoms with Gasteiger partial charge in [-0.2, -0.15) is 0 Å². The van der Waals surface area contributed by atoms with Crippen molar-refractivity contribution in [3.8, 4) is 0 Å². The first kappa shape index (κ1) is 19.6. The van der Waals surface area contributed by atoms with Crippen LogP contribution in [-0.4, -0.2) is 42.4 Å². The highest BCUT2D eigenvalue weighted by atomic mass is 16.6. The Hall–Kier alpha value is -2.77. The molecule has 0 aliphatic carbocycles. The lowest BCUT2D eigenvalue weighted by Crippen LogP contribution is -2.57. The van der Waals surface area contributed by atoms with E-state index in [1.807, 2.05) is 30.3 Å². The van der Waals surface area contributed by atoms with Crippen LogP contribution in [0.4, 0.5) is 9.59 Å². The molecule has 1 aliphatic heterocycles. The van der Waals surface area contributed by atoms with Gasteiger partial charge in [0.05, 0.1) is 12.5 Å². The largest absolute Gasteiger partial charge is 0.444 e. The third kappa shape index (κ3) is 6.62. The summed E-state index contributed by atoms with van der Waals surface area (Å²) in [5.74, 6) is -0.243. The molecule has 1 aromatic rings. The zero-order valence-electron chi connectivity index (χ0n) is 15.2. The molecule has 8 heteroatoms. The molecule has 3 N–H and O–H groups in total. The molecule has 142 valence electrons. The van der Waals surface area contributed by atoms with Gasteiger partial charge in [-0.05, 0) is 26.3 Å². The van der Waals surface area contributed by atoms with Crippen LogP contribution in [0.1, 0.15) is 32.8 Å². The van der Waals surface area contributed by atoms with Gasteiger partial charge in [0.25, 0.3) is 0 Å². The number of hydrogen-bond donors (Lipinski definition) is 3. The Morgan fingerprint density at radius 3 is 2.54 bits per heavy atom. The Bertz CT molecular complexity index is 642. The summed E-state index contributed by atoms with van der Waals surface area (Å²) in [6.07, 6.45) is -2.08. The summed E-state index contributed by atoms with van der Waals surface area (Å²) in [5.41, 5.74) is 0.278. The van der Waals surface area contributed by atoms with Crippen LogP contribution >= 0.6 is 0 Å². The molecule has 0 bridgehead atoms. The fraction of sp³-hybridized carbons (Fsp3) is 0.500. The third-order valence-corrected chi connectivity index (χ3v) is 3.59. The van der Waals surface area contributed by atoms with E-state index in [0.29, 0.717) is 6.54 Å². The average Bonchev–Trinajstić information content (AvgIpc) is 2.55. The van der Waals surface area contributed by atoms with Crippen molar-refractivity contribution >= 4 is 18.1 Å². The molecule has 1 heterocycles. The second-order valence-electron chi connectivity index (χ2n) is 7.04. The molecule has 1 aromatic carbocycles. The lowest BCUT2D eigenvalue weighted by Gasteiger charge is -2.32. The Morgan fingerprint density at radius 1 is 1.19 bits per heavy atom. The van der Waals surface area contributed by atoms with Crippen LogP contribution < -0.4 is 16.0 Å². The lowest BCUT2D eigenvalue weighted by molar-refractivity contribution is -0.126. The van der Waals surface area contributed by atoms with Crippen LogP contribution in [0.25, 0.3) is 0 Å². The zero-order chi connectivity index (χ0) is 19.2. The Kier molecular flexibility index (Phi) is 6.43. The number of benzene rings is 1. The summed E-state index contributed by atoms with van der Waals surface area (Å²) in [5, 5.41) is 7.92. The highest BCUT2D eigenvalue weighted by Crippen LogP contribution is 2.12. The summed E-state index contributed by atoms with van der Waals surface area (Å²) in [6, 6.07) is 8.81. The molecule has 2 rings (SSSR count). The van der Waals surface area contributed by atoms with E-state index in [4.69, 9.17) is 9.47 Å². The minimum absolute atomic E-state index is 0.0286. The normalized spacial score (nSPS) is 19.9. The number of alkyl carbamates (subject to hydrolysis) is 2. The summed E-state index contributed by atoms with van der Waals surface area (Å²) in [4.78, 5) is 35.6. The first-order valence-electron chi connectivity index (χ1n) is 8.47. The standard InChI is InChI=1S/C18H25N3O5/c1-18(2,3)26-17(24)21-13-11-19-15(22)9-14(13)25-16(23)20-10-12-7-5-4-6-8-12/h4-8,13-14H,9-11H2,1-3H3,(H,19,22)(H,20,23)(H,21,24). The lowest BCUT2D eigenvalue weighted by atomic mass is 10.0. The molecule has 2 unspecified atom stereocenters. The van der Waals surface area contributed by atoms with Gasteiger partial charge in [0.2, 0.25) is 5.91 Å². The fourth-order valence-electron chi connectivity index (χ4n) is 2.43. The molecule has 3 amide bonds. The molecule has 1 fully saturated rings. The summed E-state index contributed by atoms with van der Waals surface area (Å²) in [7, 11) is 0. The number of piperidine rings is 1. The summed E-state index contributed by atoms with van der Waals surface area (Å²) < 4.78 is 10.6. The van der Waals surface area contributed by atoms with Gasteiger partial charge in [-0.25, -0.2) is 9.59 Å². The number of hydrogen-bond acceptors (Lipinski definition) is 5. The number of ether oxygens (including phenoxy) is 2. The molecular formula is C18H25N3O5. The molecule has 1 saturated heterocycles. The van der Waals surface area contributed by atoms with Crippen molar-refractivity contribution in [3.05, 3.63) is 35.9 Å². The molecule has 26 heavy (non-hydrogen) atoms. The molecular weight excluding hydrogens is 338 g/mol. The minimum atomic E-state index is -0.771. The summed E-state index contributed by atoms with van der Waals surface area (Å²) >= 11 is 0. The van der Waals surface area contributed by atoms with Gasteiger partial charge in [0.1, 0.15) is 11.7 Å². The van der Waals surface area contributed by atoms with E-state index >= 15 is 0 Å². The van der Waals surface area contributed by atoms with Crippen molar-refractivity contribution in [1.82, 2.24) is 16.0 Å². The topological polar surface area (TPSA) is 106 Å². The van der Waals surface area contributed by atoms with E-state index in [-0.39, 0.29) is 18.9 Å². The predicted molar refractivity (Wildman–Crippen MR) is 94.3 cm³/mol. The second kappa shape index (κ2) is 8.55. The van der Waals surface area contributed by atoms with Gasteiger partial charge < -0.3 is 25.4 Å². The van der Waals surface area contributed by atoms with E-state index in [1.165, 1.54) is 0 Å². The van der Waals surface area contributed by atoms with Gasteiger partial charge >= 0.3 is 12.2 Å². The Balaban J connectivity index is 1.89. The fourth-order valence-corrected chi connectivity index (χ4v) is 2.43. The average molecular weight is 363 g/mol. The Morgan fingerprint density at radius 2 is 1.88 bits per heavy atom. The second-order valence-corrected chi connectivity index (χ2v) is 7.04. The molecule has 0 aromatic heterocycles. The van der Waals surface area contributed by atoms with E-state index in [9.17, 15) is 14.4 Å². The van der Waals surface area contributed by atoms with Crippen LogP contribution in [0.15, 0.2) is 30.3 Å². The third-order valence-electron chi connectivity index (χ3n) is 3.59. The van der Waals surface area contributed by atoms with Gasteiger partial charge in [-0.15, -0.1) is 0 Å². The summed E-state index contributed by atoms with van der Waals surface area (Å²) in [6.45, 7) is 5.72. The van der Waals surface area contributed by atoms with Gasteiger partial charge in [-0.3, -0.25) is 4.79 Å². The maximum atomic E-state index is 12.0. The smallest absolute Gasteiger partial charge is 0.408 e. The van der Waals surface area contributed by atoms with Crippen LogP contribution in [0.2, 0.25) is 0 Å². The maximum Gasteiger partial charge on any atom is 0.408 e. The SMILES string of the molecule is CC(C)(C)OC(=O)NC1CNC(=O)CC1OC(=O)NCc1ccccc1. The van der Waals surface area contributed by atoms with E-state index < -0.39 is 29.9 Å². The maximum absolute atomic E-state index is 12.0. The monoisotopic (exact) mass is 363 g/mol. The number of rotatable bonds is 4. The molecule has 0 spiro atoms. The molecule has 2 atom stereocenters. The van der Waals surface area contributed by atoms with Crippen molar-refractivity contribution in [2.24, 2.45) is 0 Å². The molecule has 0 saturated carbocycles. The molecule has 1 aliphatic rings. The highest BCUT2D eigenvalue weighted by molar-refractivity contribution is 5.79. The van der Waals surface area contributed by atoms with Crippen LogP contribution in [0, 0.1) is 0 Å². The zero-order valence-corrected chi connectivity index (χ0v) is 15.2. The quantitative estimate of drug-likeness (QED) is 0.755. The van der Waals surface area contributed by atoms with E-state index in [1.54, 1.807) is 20.8 Å². The van der Waals surface area contributed by atoms with Crippen molar-refractivity contribution < 1.29 is 23.9 Å². The first-order valence-corrected chi connectivity index (χ1v) is 8.47. The number of nitrogens with one attached hydrogen (secondary N) is 3. The number of amides is 3. The minimum Gasteiger partial charge on any atom is -0.444 e. The number of carbonyl (C=O) groups is 3. The number of carbonyl (C=O) groups excluding carboxylic acids is 3. The van der Waals surface area contributed by atoms with Crippen molar-refractivity contribution in [3.63, 3.8) is 0 Å². The van der Waals surface area contributed by atoms with E-state index in [2.05, 4.69) is 16.0 Å². The predicted octanol–water partition coefficient (Wildman–Crippen LogP) is 1.69. The molecule has 8 nitrogen and oxygen atoms in total. The van der Waals surface area contributed by atoms with Crippen LogP contribution in [-0.2, 0) is 20.8 Å². The van der Waals surface area contributed by atoms with Gasteiger partial charge in [-0.1, -0.05) is 30.3 Å². The van der Waals surface area contributed by atoms with Crippen LogP contribution in [0.5, 0.6) is 0 Å². The van der Waals surface area contributed by atoms with Crippen molar-refractivity contribution in [1.29, 1.82) is 0 Å².